The molecule has 0 aromatic rings. The molecule has 14 nitrogen and oxygen atoms in total. The van der Waals surface area contributed by atoms with E-state index in [1.54, 1.807) is 0 Å². The number of aliphatic hydroxyl groups is 1. The minimum absolute atomic E-state index is 0.00300. The maximum atomic E-state index is 14.6. The number of piperazine rings is 4. The van der Waals surface area contributed by atoms with Crippen LogP contribution in [0, 0.1) is 67.0 Å². The summed E-state index contributed by atoms with van der Waals surface area (Å²) in [5.41, 5.74) is 5.35. The Kier molecular flexibility index (Phi) is 50.8. The van der Waals surface area contributed by atoms with Gasteiger partial charge in [0.1, 0.15) is 5.67 Å². The second-order valence-corrected chi connectivity index (χ2v) is 70.0. The summed E-state index contributed by atoms with van der Waals surface area (Å²) in [5, 5.41) is 10.6. The van der Waals surface area contributed by atoms with Gasteiger partial charge in [-0.2, -0.15) is 0 Å². The summed E-state index contributed by atoms with van der Waals surface area (Å²) in [5.74, 6) is 3.72. The molecule has 10 aliphatic heterocycles. The van der Waals surface area contributed by atoms with Crippen molar-refractivity contribution in [3.8, 4) is 0 Å². The van der Waals surface area contributed by atoms with E-state index in [-0.39, 0.29) is 38.5 Å². The van der Waals surface area contributed by atoms with Crippen LogP contribution in [0.2, 0.25) is 0 Å². The zero-order valence-corrected chi connectivity index (χ0v) is 113. The number of piperidine rings is 4. The molecule has 0 radical (unpaired) electrons. The molecule has 1 saturated carbocycles. The fourth-order valence-corrected chi connectivity index (χ4v) is 25.9. The number of likely N-dealkylation sites (tertiary alicyclic amines) is 7. The number of hydrogen-bond donors (Lipinski definition) is 1. The highest BCUT2D eigenvalue weighted by molar-refractivity contribution is 5.08. The quantitative estimate of drug-likeness (QED) is 0.250. The average Bonchev–Trinajstić information content (AvgIpc) is 1.60. The van der Waals surface area contributed by atoms with Crippen LogP contribution in [0.4, 0.5) is 4.39 Å². The van der Waals surface area contributed by atoms with Gasteiger partial charge in [-0.15, -0.1) is 0 Å². The van der Waals surface area contributed by atoms with Crippen molar-refractivity contribution < 1.29 is 9.50 Å². The van der Waals surface area contributed by atoms with Gasteiger partial charge in [0.25, 0.3) is 0 Å². The van der Waals surface area contributed by atoms with E-state index in [9.17, 15) is 9.50 Å². The first-order chi connectivity index (χ1) is 64.8. The lowest BCUT2D eigenvalue weighted by atomic mass is 9.62. The molecular weight excluding hydrogens is 1800 g/mol. The third kappa shape index (κ3) is 45.8. The molecule has 2 bridgehead atoms. The van der Waals surface area contributed by atoms with E-state index in [0.717, 1.165) is 74.8 Å². The number of hydrogen-bond acceptors (Lipinski definition) is 14. The summed E-state index contributed by atoms with van der Waals surface area (Å²) in [6, 6.07) is 4.18. The van der Waals surface area contributed by atoms with Gasteiger partial charge in [-0.1, -0.05) is 152 Å². The fourth-order valence-electron chi connectivity index (χ4n) is 25.9. The number of fused-ring (bicyclic) bond motifs is 2. The average molecular weight is 2080 g/mol. The second kappa shape index (κ2) is 52.4. The van der Waals surface area contributed by atoms with E-state index in [1.165, 1.54) is 169 Å². The molecule has 15 heteroatoms. The highest BCUT2D eigenvalue weighted by Gasteiger charge is 2.53. The van der Waals surface area contributed by atoms with Gasteiger partial charge in [0.15, 0.2) is 0 Å². The van der Waals surface area contributed by atoms with Crippen molar-refractivity contribution >= 4 is 0 Å². The molecule has 7 unspecified atom stereocenters. The molecular formula is C132H274FN13O. The molecule has 1 N–H and O–H groups in total. The SMILES string of the molecule is CC(C)(C)C1CCC(C(C)(C)C)CC1.CC(C)(C)C1CCN(C(C)(C)C)C1.CC(C)(C)C1CCN(C(C)(C)C)CC1.CC(C)(C)N1CC2CC1CN2C(C)(C)C.CC(C)(C)N1CCC(C)(C(C)(C)C)CC1.CC(C)(C)N1CCC(F)(C(C)(C)C)CC1.CC(C)(C)N1CCC(O)(C(C)(C)C)CC1.CC(C)(C)N1CCN(C(C)(C)C)CC1.CC1CN(C(C)(C)C)C(C)CN1C(C)(C)C.CC1CN(C(C)(C)C)CC(C)N1C(C)(C)C. The fraction of sp³-hybridized carbons (Fsp3) is 1.00. The summed E-state index contributed by atoms with van der Waals surface area (Å²) in [7, 11) is 0. The minimum Gasteiger partial charge on any atom is -0.389 e. The molecule has 10 saturated heterocycles. The lowest BCUT2D eigenvalue weighted by Gasteiger charge is -2.53. The Bertz CT molecular complexity index is 3280. The van der Waals surface area contributed by atoms with Gasteiger partial charge < -0.3 is 5.11 Å². The molecule has 0 spiro atoms. The van der Waals surface area contributed by atoms with Crippen LogP contribution in [0.1, 0.15) is 540 Å². The monoisotopic (exact) mass is 2080 g/mol. The first kappa shape index (κ1) is 142. The number of rotatable bonds is 0. The van der Waals surface area contributed by atoms with Crippen LogP contribution in [-0.2, 0) is 0 Å². The standard InChI is InChI=1S/2C14H30N2.C14H29N.C14H28.C13H26FN.C13H26N2.C13H27NO.C13H27N.C12H26N2.C12H25N/c1-11-9-16(14(6,7)8)12(2)10-15(11)13(3,4)5;1-11-9-15(13(3,4)5)10-12(2)16(11)14(6,7)8;1-12(2,3)14(7)8-10-15(11-9-14)13(4,5)6;1-13(2,3)11-7-9-12(10-8-11)14(4,5)6;1-11(2,3)13(14)7-9-15(10-8-13)12(4,5)6;1-12(2,3)14-8-11-7-10(14)9-15(11)13(4,5)6;1-11(2,3)13(15)7-9-14(10-8-13)12(4,5)6;1-12(2,3)11-7-9-14(10-8-11)13(4,5)6;1-11(2,3)13-7-9-14(10-8-13)12(4,5)6;1-11(2,3)10-7-8-13(9-10)12(4,5)6/h2*11-12H,9-10H2,1-8H3;8-11H2,1-7H3;11-12H,7-10H2,1-6H3;7-10H2,1-6H3;10-11H,7-9H2,1-6H3;15H,7-10H2,1-6H3;11H,7-10H2,1-6H3;7-10H2,1-6H3;10H,7-9H2,1-6H3. The van der Waals surface area contributed by atoms with Crippen molar-refractivity contribution in [2.75, 3.05) is 131 Å². The van der Waals surface area contributed by atoms with E-state index >= 15 is 0 Å². The van der Waals surface area contributed by atoms with Gasteiger partial charge in [0.05, 0.1) is 5.60 Å². The molecule has 880 valence electrons. The van der Waals surface area contributed by atoms with Crippen LogP contribution in [0.25, 0.3) is 0 Å². The van der Waals surface area contributed by atoms with E-state index in [4.69, 9.17) is 0 Å². The van der Waals surface area contributed by atoms with Gasteiger partial charge in [-0.25, -0.2) is 4.39 Å². The first-order valence-electron chi connectivity index (χ1n) is 61.1. The number of alkyl halides is 1. The molecule has 11 fully saturated rings. The maximum absolute atomic E-state index is 14.6. The summed E-state index contributed by atoms with van der Waals surface area (Å²) < 4.78 is 14.6. The summed E-state index contributed by atoms with van der Waals surface area (Å²) in [4.78, 5) is 33.8. The molecule has 11 rings (SSSR count). The normalized spacial score (nSPS) is 27.2. The lowest BCUT2D eigenvalue weighted by molar-refractivity contribution is -0.109. The Balaban J connectivity index is 0.000000552. The predicted molar refractivity (Wildman–Crippen MR) is 655 cm³/mol. The Morgan fingerprint density at radius 2 is 0.435 bits per heavy atom. The van der Waals surface area contributed by atoms with Crippen LogP contribution in [0.15, 0.2) is 0 Å². The van der Waals surface area contributed by atoms with Gasteiger partial charge in [-0.3, -0.25) is 63.7 Å². The Morgan fingerprint density at radius 1 is 0.204 bits per heavy atom. The lowest BCUT2D eigenvalue weighted by Crippen LogP contribution is -2.65. The van der Waals surface area contributed by atoms with Crippen molar-refractivity contribution in [2.24, 2.45) is 67.0 Å². The maximum Gasteiger partial charge on any atom is 0.118 e. The largest absolute Gasteiger partial charge is 0.389 e. The van der Waals surface area contributed by atoms with Crippen LogP contribution in [-0.4, -0.2) is 319 Å². The van der Waals surface area contributed by atoms with Crippen molar-refractivity contribution in [2.45, 2.75) is 659 Å². The van der Waals surface area contributed by atoms with Crippen LogP contribution in [0.5, 0.6) is 0 Å². The Hall–Kier alpha value is -0.630. The van der Waals surface area contributed by atoms with Crippen molar-refractivity contribution in [3.63, 3.8) is 0 Å². The molecule has 147 heavy (non-hydrogen) atoms. The number of nitrogens with zero attached hydrogens (tertiary/aromatic N) is 13. The molecule has 7 atom stereocenters. The molecule has 0 aromatic carbocycles. The topological polar surface area (TPSA) is 62.4 Å². The molecule has 11 aliphatic rings. The number of halogens is 1. The van der Waals surface area contributed by atoms with E-state index in [1.807, 2.05) is 20.8 Å². The summed E-state index contributed by atoms with van der Waals surface area (Å²) >= 11 is 0. The van der Waals surface area contributed by atoms with E-state index in [2.05, 4.69) is 493 Å². The van der Waals surface area contributed by atoms with E-state index < -0.39 is 11.3 Å². The second-order valence-electron chi connectivity index (χ2n) is 70.0. The highest BCUT2D eigenvalue weighted by atomic mass is 19.1. The van der Waals surface area contributed by atoms with Crippen LogP contribution < -0.4 is 0 Å². The highest BCUT2D eigenvalue weighted by Crippen LogP contribution is 2.51. The zero-order chi connectivity index (χ0) is 116. The minimum atomic E-state index is -0.977. The third-order valence-electron chi connectivity index (χ3n) is 38.1. The van der Waals surface area contributed by atoms with Crippen molar-refractivity contribution in [1.29, 1.82) is 0 Å². The first-order valence-corrected chi connectivity index (χ1v) is 61.1. The molecule has 0 amide bonds. The molecule has 0 aromatic heterocycles. The Labute approximate surface area is 924 Å². The predicted octanol–water partition coefficient (Wildman–Crippen LogP) is 32.3. The van der Waals surface area contributed by atoms with E-state index in [0.29, 0.717) is 114 Å². The Morgan fingerprint density at radius 3 is 0.646 bits per heavy atom. The van der Waals surface area contributed by atoms with Gasteiger partial charge in [-0.05, 0) is 487 Å². The van der Waals surface area contributed by atoms with Crippen molar-refractivity contribution in [3.05, 3.63) is 0 Å². The van der Waals surface area contributed by atoms with Crippen LogP contribution >= 0.6 is 0 Å². The zero-order valence-electron chi connectivity index (χ0n) is 113. The van der Waals surface area contributed by atoms with Gasteiger partial charge in [0.2, 0.25) is 0 Å². The van der Waals surface area contributed by atoms with Crippen molar-refractivity contribution in [1.82, 2.24) is 63.7 Å². The van der Waals surface area contributed by atoms with Crippen LogP contribution in [0.3, 0.4) is 0 Å². The smallest absolute Gasteiger partial charge is 0.118 e. The van der Waals surface area contributed by atoms with Gasteiger partial charge >= 0.3 is 0 Å². The molecule has 10 heterocycles. The van der Waals surface area contributed by atoms with Gasteiger partial charge in [0, 0.05) is 206 Å². The third-order valence-corrected chi connectivity index (χ3v) is 38.1. The molecule has 1 aliphatic carbocycles. The summed E-state index contributed by atoms with van der Waals surface area (Å²) in [6.45, 7) is 174. The summed E-state index contributed by atoms with van der Waals surface area (Å²) in [6.07, 6.45) is 17.1.